The first kappa shape index (κ1) is 20.0. The summed E-state index contributed by atoms with van der Waals surface area (Å²) in [6.45, 7) is 5.64. The van der Waals surface area contributed by atoms with E-state index in [9.17, 15) is 0 Å². The van der Waals surface area contributed by atoms with Crippen molar-refractivity contribution in [2.75, 3.05) is 24.7 Å². The monoisotopic (exact) mass is 403 g/mol. The highest BCUT2D eigenvalue weighted by Crippen LogP contribution is 2.33. The Labute approximate surface area is 168 Å². The Morgan fingerprint density at radius 2 is 2.22 bits per heavy atom. The number of nitrogens with one attached hydrogen (secondary N) is 2. The molecule has 0 bridgehead atoms. The van der Waals surface area contributed by atoms with Gasteiger partial charge in [0.15, 0.2) is 0 Å². The van der Waals surface area contributed by atoms with Gasteiger partial charge in [0.1, 0.15) is 10.7 Å². The smallest absolute Gasteiger partial charge is 0.227 e. The van der Waals surface area contributed by atoms with Gasteiger partial charge in [-0.15, -0.1) is 23.1 Å². The molecule has 0 aromatic carbocycles. The van der Waals surface area contributed by atoms with E-state index in [4.69, 9.17) is 10.1 Å². The van der Waals surface area contributed by atoms with Crippen molar-refractivity contribution >= 4 is 29.0 Å². The van der Waals surface area contributed by atoms with E-state index < -0.39 is 0 Å². The third-order valence-corrected chi connectivity index (χ3v) is 6.34. The van der Waals surface area contributed by atoms with Crippen molar-refractivity contribution in [2.24, 2.45) is 5.92 Å². The van der Waals surface area contributed by atoms with Crippen LogP contribution in [0.1, 0.15) is 26.0 Å². The summed E-state index contributed by atoms with van der Waals surface area (Å²) >= 11 is 3.31. The van der Waals surface area contributed by atoms with Crippen LogP contribution in [0.5, 0.6) is 0 Å². The molecule has 0 aliphatic heterocycles. The Balaban J connectivity index is 1.78. The molecular formula is C19H25N5OS2. The predicted octanol–water partition coefficient (Wildman–Crippen LogP) is 3.69. The molecule has 27 heavy (non-hydrogen) atoms. The number of hydrogen-bond donors (Lipinski definition) is 3. The first-order chi connectivity index (χ1) is 13.1. The zero-order chi connectivity index (χ0) is 19.2. The standard InChI is InChI=1S/C19H25N5OS2/c1-12-8-13(2)10-14(9-12)22-19-21-5-4-15(24-19)17-23-16(11-20-6-7-25)18(26-3)27-17/h4-5,8-9,13,20,25H,6-7,10-11H2,1-3H3,(H,21,22,24). The van der Waals surface area contributed by atoms with E-state index in [0.29, 0.717) is 25.0 Å². The minimum absolute atomic E-state index is 0.121. The lowest BCUT2D eigenvalue weighted by Crippen LogP contribution is -2.18. The van der Waals surface area contributed by atoms with Gasteiger partial charge in [0.2, 0.25) is 5.95 Å². The molecule has 0 amide bonds. The van der Waals surface area contributed by atoms with E-state index in [1.807, 2.05) is 12.3 Å². The largest absolute Gasteiger partial charge is 0.395 e. The average Bonchev–Trinajstić information content (AvgIpc) is 3.05. The number of aliphatic hydroxyl groups excluding tert-OH is 1. The fourth-order valence-corrected chi connectivity index (χ4v) is 4.72. The quantitative estimate of drug-likeness (QED) is 0.458. The maximum atomic E-state index is 8.93. The average molecular weight is 404 g/mol. The molecule has 1 aliphatic carbocycles. The molecule has 1 atom stereocenters. The molecule has 0 spiro atoms. The van der Waals surface area contributed by atoms with E-state index >= 15 is 0 Å². The van der Waals surface area contributed by atoms with Gasteiger partial charge in [0, 0.05) is 25.0 Å². The number of thiazole rings is 1. The van der Waals surface area contributed by atoms with Crippen molar-refractivity contribution < 1.29 is 5.11 Å². The van der Waals surface area contributed by atoms with Crippen LogP contribution < -0.4 is 10.6 Å². The van der Waals surface area contributed by atoms with E-state index in [1.54, 1.807) is 29.3 Å². The minimum atomic E-state index is 0.121. The van der Waals surface area contributed by atoms with E-state index in [1.165, 1.54) is 5.57 Å². The molecule has 0 radical (unpaired) electrons. The molecule has 8 heteroatoms. The van der Waals surface area contributed by atoms with Crippen LogP contribution >= 0.6 is 23.1 Å². The van der Waals surface area contributed by atoms with Crippen molar-refractivity contribution in [1.82, 2.24) is 20.3 Å². The molecule has 2 aromatic heterocycles. The number of allylic oxidation sites excluding steroid dienone is 4. The summed E-state index contributed by atoms with van der Waals surface area (Å²) < 4.78 is 1.16. The number of anilines is 1. The van der Waals surface area contributed by atoms with Crippen LogP contribution in [0.2, 0.25) is 0 Å². The SMILES string of the molecule is CSc1sc(-c2ccnc(NC3=CC(C)=CC(C)C3)n2)nc1CNCCO. The number of rotatable bonds is 8. The van der Waals surface area contributed by atoms with Crippen molar-refractivity contribution in [1.29, 1.82) is 0 Å². The third kappa shape index (κ3) is 5.38. The summed E-state index contributed by atoms with van der Waals surface area (Å²) in [4.78, 5) is 13.8. The highest BCUT2D eigenvalue weighted by atomic mass is 32.2. The van der Waals surface area contributed by atoms with Crippen molar-refractivity contribution in [3.63, 3.8) is 0 Å². The molecule has 2 aromatic rings. The molecule has 144 valence electrons. The van der Waals surface area contributed by atoms with Crippen LogP contribution in [0.25, 0.3) is 10.7 Å². The van der Waals surface area contributed by atoms with Crippen LogP contribution in [0.3, 0.4) is 0 Å². The van der Waals surface area contributed by atoms with Crippen molar-refractivity contribution in [3.05, 3.63) is 41.4 Å². The summed E-state index contributed by atoms with van der Waals surface area (Å²) in [7, 11) is 0. The first-order valence-electron chi connectivity index (χ1n) is 8.93. The zero-order valence-corrected chi connectivity index (χ0v) is 17.5. The van der Waals surface area contributed by atoms with Crippen molar-refractivity contribution in [2.45, 2.75) is 31.0 Å². The number of thioether (sulfide) groups is 1. The van der Waals surface area contributed by atoms with E-state index in [-0.39, 0.29) is 6.61 Å². The Morgan fingerprint density at radius 1 is 1.37 bits per heavy atom. The number of aromatic nitrogens is 3. The Morgan fingerprint density at radius 3 is 2.96 bits per heavy atom. The van der Waals surface area contributed by atoms with E-state index in [0.717, 1.165) is 32.7 Å². The maximum Gasteiger partial charge on any atom is 0.227 e. The second-order valence-corrected chi connectivity index (χ2v) is 8.58. The van der Waals surface area contributed by atoms with Gasteiger partial charge in [0.05, 0.1) is 16.5 Å². The van der Waals surface area contributed by atoms with Crippen LogP contribution in [0.4, 0.5) is 5.95 Å². The molecule has 0 fully saturated rings. The molecule has 3 N–H and O–H groups in total. The fourth-order valence-electron chi connectivity index (χ4n) is 3.01. The summed E-state index contributed by atoms with van der Waals surface area (Å²) in [5, 5.41) is 16.4. The van der Waals surface area contributed by atoms with Crippen LogP contribution in [-0.4, -0.2) is 39.5 Å². The van der Waals surface area contributed by atoms with Gasteiger partial charge in [-0.2, -0.15) is 0 Å². The molecule has 0 saturated carbocycles. The lowest BCUT2D eigenvalue weighted by molar-refractivity contribution is 0.291. The fraction of sp³-hybridized carbons (Fsp3) is 0.421. The zero-order valence-electron chi connectivity index (χ0n) is 15.8. The topological polar surface area (TPSA) is 83.0 Å². The molecule has 0 saturated heterocycles. The van der Waals surface area contributed by atoms with E-state index in [2.05, 4.69) is 46.6 Å². The van der Waals surface area contributed by atoms with Gasteiger partial charge < -0.3 is 15.7 Å². The summed E-state index contributed by atoms with van der Waals surface area (Å²) in [5.74, 6) is 1.11. The van der Waals surface area contributed by atoms with Crippen LogP contribution in [0, 0.1) is 5.92 Å². The lowest BCUT2D eigenvalue weighted by Gasteiger charge is -2.18. The number of aliphatic hydroxyl groups is 1. The highest BCUT2D eigenvalue weighted by Gasteiger charge is 2.15. The Hall–Kier alpha value is -1.74. The summed E-state index contributed by atoms with van der Waals surface area (Å²) in [6, 6.07) is 1.89. The van der Waals surface area contributed by atoms with Gasteiger partial charge >= 0.3 is 0 Å². The van der Waals surface area contributed by atoms with Crippen molar-refractivity contribution in [3.8, 4) is 10.7 Å². The first-order valence-corrected chi connectivity index (χ1v) is 11.0. The normalized spacial score (nSPS) is 16.8. The minimum Gasteiger partial charge on any atom is -0.395 e. The number of nitrogens with zero attached hydrogens (tertiary/aromatic N) is 3. The Kier molecular flexibility index (Phi) is 7.01. The molecule has 1 aliphatic rings. The molecule has 3 rings (SSSR count). The Bertz CT molecular complexity index is 846. The molecular weight excluding hydrogens is 378 g/mol. The maximum absolute atomic E-state index is 8.93. The van der Waals surface area contributed by atoms with Gasteiger partial charge in [-0.3, -0.25) is 0 Å². The van der Waals surface area contributed by atoms with Gasteiger partial charge in [-0.05, 0) is 37.7 Å². The van der Waals surface area contributed by atoms with Gasteiger partial charge in [-0.25, -0.2) is 15.0 Å². The third-order valence-electron chi connectivity index (χ3n) is 4.07. The molecule has 2 heterocycles. The summed E-state index contributed by atoms with van der Waals surface area (Å²) in [6.07, 6.45) is 9.19. The van der Waals surface area contributed by atoms with Crippen LogP contribution in [0.15, 0.2) is 39.9 Å². The second kappa shape index (κ2) is 9.45. The number of hydrogen-bond acceptors (Lipinski definition) is 8. The highest BCUT2D eigenvalue weighted by molar-refractivity contribution is 8.00. The summed E-state index contributed by atoms with van der Waals surface area (Å²) in [5.41, 5.74) is 4.21. The van der Waals surface area contributed by atoms with Gasteiger partial charge in [-0.1, -0.05) is 18.6 Å². The molecule has 1 unspecified atom stereocenters. The predicted molar refractivity (Wildman–Crippen MR) is 113 cm³/mol. The second-order valence-electron chi connectivity index (χ2n) is 6.51. The van der Waals surface area contributed by atoms with Gasteiger partial charge in [0.25, 0.3) is 0 Å². The molecule has 6 nitrogen and oxygen atoms in total. The lowest BCUT2D eigenvalue weighted by atomic mass is 9.96. The van der Waals surface area contributed by atoms with Crippen LogP contribution in [-0.2, 0) is 6.54 Å².